The van der Waals surface area contributed by atoms with Gasteiger partial charge in [-0.15, -0.1) is 0 Å². The number of rotatable bonds is 4. The van der Waals surface area contributed by atoms with Crippen LogP contribution in [-0.2, 0) is 19.6 Å². The number of sulfonamides is 1. The quantitative estimate of drug-likeness (QED) is 0.712. The average molecular weight is 388 g/mol. The summed E-state index contributed by atoms with van der Waals surface area (Å²) < 4.78 is 31.1. The molecule has 0 aromatic heterocycles. The Morgan fingerprint density at radius 3 is 2.35 bits per heavy atom. The van der Waals surface area contributed by atoms with Gasteiger partial charge in [0, 0.05) is 52.3 Å². The second kappa shape index (κ2) is 8.12. The lowest BCUT2D eigenvalue weighted by Crippen LogP contribution is -2.51. The molecule has 0 radical (unpaired) electrons. The van der Waals surface area contributed by atoms with Gasteiger partial charge in [0.1, 0.15) is 0 Å². The van der Waals surface area contributed by atoms with Crippen molar-refractivity contribution in [2.24, 2.45) is 5.92 Å². The van der Waals surface area contributed by atoms with Gasteiger partial charge < -0.3 is 14.5 Å². The van der Waals surface area contributed by atoms with Crippen molar-refractivity contribution >= 4 is 15.9 Å². The van der Waals surface area contributed by atoms with Crippen LogP contribution in [0.5, 0.6) is 0 Å². The molecule has 3 heterocycles. The zero-order valence-electron chi connectivity index (χ0n) is 16.2. The maximum atomic E-state index is 12.7. The highest BCUT2D eigenvalue weighted by atomic mass is 32.2. The van der Waals surface area contributed by atoms with Crippen LogP contribution in [0.2, 0.25) is 0 Å². The van der Waals surface area contributed by atoms with Crippen molar-refractivity contribution in [1.29, 1.82) is 0 Å². The van der Waals surface area contributed by atoms with Crippen LogP contribution in [0.1, 0.15) is 39.0 Å². The zero-order valence-corrected chi connectivity index (χ0v) is 17.0. The van der Waals surface area contributed by atoms with E-state index in [4.69, 9.17) is 4.74 Å². The third kappa shape index (κ3) is 4.77. The highest BCUT2D eigenvalue weighted by molar-refractivity contribution is 7.88. The summed E-state index contributed by atoms with van der Waals surface area (Å²) in [5, 5.41) is 0. The Labute approximate surface area is 157 Å². The summed E-state index contributed by atoms with van der Waals surface area (Å²) in [5.41, 5.74) is -0.231. The maximum Gasteiger partial charge on any atom is 0.222 e. The third-order valence-electron chi connectivity index (χ3n) is 6.33. The first-order valence-electron chi connectivity index (χ1n) is 9.90. The number of carbonyl (C=O) groups is 1. The normalized spacial score (nSPS) is 28.4. The molecule has 8 heteroatoms. The second-order valence-electron chi connectivity index (χ2n) is 8.07. The molecule has 150 valence electrons. The molecule has 0 bridgehead atoms. The Balaban J connectivity index is 1.50. The minimum atomic E-state index is -3.12. The van der Waals surface area contributed by atoms with Gasteiger partial charge in [-0.2, -0.15) is 0 Å². The number of amides is 1. The Hall–Kier alpha value is -0.700. The van der Waals surface area contributed by atoms with Crippen LogP contribution in [-0.4, -0.2) is 92.7 Å². The Kier molecular flexibility index (Phi) is 6.26. The Morgan fingerprint density at radius 1 is 1.12 bits per heavy atom. The summed E-state index contributed by atoms with van der Waals surface area (Å²) >= 11 is 0. The van der Waals surface area contributed by atoms with Gasteiger partial charge in [0.25, 0.3) is 0 Å². The fourth-order valence-corrected chi connectivity index (χ4v) is 5.41. The van der Waals surface area contributed by atoms with Crippen molar-refractivity contribution in [3.05, 3.63) is 0 Å². The van der Waals surface area contributed by atoms with Crippen LogP contribution < -0.4 is 0 Å². The summed E-state index contributed by atoms with van der Waals surface area (Å²) in [4.78, 5) is 17.1. The standard InChI is InChI=1S/C18H33N3O4S/c1-3-19-9-11-20(12-10-19)17(22)14-16-4-13-25-18(15-16)5-7-21(8-6-18)26(2,23)24/h16H,3-15H2,1-2H3. The molecule has 26 heavy (non-hydrogen) atoms. The van der Waals surface area contributed by atoms with E-state index >= 15 is 0 Å². The fourth-order valence-electron chi connectivity index (χ4n) is 4.57. The Bertz CT molecular complexity index is 594. The lowest BCUT2D eigenvalue weighted by molar-refractivity contribution is -0.141. The van der Waals surface area contributed by atoms with Crippen LogP contribution in [0, 0.1) is 5.92 Å². The topological polar surface area (TPSA) is 70.2 Å². The first-order valence-corrected chi connectivity index (χ1v) is 11.8. The van der Waals surface area contributed by atoms with Crippen molar-refractivity contribution in [1.82, 2.24) is 14.1 Å². The number of piperazine rings is 1. The van der Waals surface area contributed by atoms with E-state index in [1.165, 1.54) is 6.26 Å². The summed E-state index contributed by atoms with van der Waals surface area (Å²) in [7, 11) is -3.12. The number of hydrogen-bond donors (Lipinski definition) is 0. The minimum Gasteiger partial charge on any atom is -0.375 e. The van der Waals surface area contributed by atoms with E-state index in [1.807, 2.05) is 4.90 Å². The van der Waals surface area contributed by atoms with Crippen LogP contribution in [0.15, 0.2) is 0 Å². The molecule has 0 aromatic rings. The number of hydrogen-bond acceptors (Lipinski definition) is 5. The molecule has 3 rings (SSSR count). The van der Waals surface area contributed by atoms with E-state index in [1.54, 1.807) is 4.31 Å². The highest BCUT2D eigenvalue weighted by Crippen LogP contribution is 2.39. The number of nitrogens with zero attached hydrogens (tertiary/aromatic N) is 3. The number of ether oxygens (including phenoxy) is 1. The minimum absolute atomic E-state index is 0.231. The van der Waals surface area contributed by atoms with Gasteiger partial charge in [0.2, 0.25) is 15.9 Å². The van der Waals surface area contributed by atoms with Gasteiger partial charge in [-0.05, 0) is 38.1 Å². The molecule has 0 N–H and O–H groups in total. The molecule has 1 amide bonds. The van der Waals surface area contributed by atoms with Gasteiger partial charge in [0.05, 0.1) is 11.9 Å². The van der Waals surface area contributed by atoms with Crippen molar-refractivity contribution in [2.45, 2.75) is 44.6 Å². The lowest BCUT2D eigenvalue weighted by Gasteiger charge is -2.46. The van der Waals surface area contributed by atoms with Crippen molar-refractivity contribution in [3.63, 3.8) is 0 Å². The molecular formula is C18H33N3O4S. The molecule has 3 saturated heterocycles. The van der Waals surface area contributed by atoms with Gasteiger partial charge in [-0.3, -0.25) is 4.79 Å². The SMILES string of the molecule is CCN1CCN(C(=O)CC2CCOC3(CCN(S(C)(=O)=O)CC3)C2)CC1. The molecule has 3 fully saturated rings. The fraction of sp³-hybridized carbons (Fsp3) is 0.944. The van der Waals surface area contributed by atoms with Gasteiger partial charge >= 0.3 is 0 Å². The molecule has 1 spiro atoms. The first kappa shape index (κ1) is 20.0. The number of carbonyl (C=O) groups excluding carboxylic acids is 1. The van der Waals surface area contributed by atoms with Crippen LogP contribution in [0.25, 0.3) is 0 Å². The largest absolute Gasteiger partial charge is 0.375 e. The Morgan fingerprint density at radius 2 is 1.77 bits per heavy atom. The lowest BCUT2D eigenvalue weighted by atomic mass is 9.78. The van der Waals surface area contributed by atoms with E-state index in [2.05, 4.69) is 11.8 Å². The highest BCUT2D eigenvalue weighted by Gasteiger charge is 2.42. The van der Waals surface area contributed by atoms with E-state index in [-0.39, 0.29) is 11.5 Å². The van der Waals surface area contributed by atoms with Crippen LogP contribution >= 0.6 is 0 Å². The molecule has 0 aromatic carbocycles. The van der Waals surface area contributed by atoms with E-state index in [9.17, 15) is 13.2 Å². The maximum absolute atomic E-state index is 12.7. The smallest absolute Gasteiger partial charge is 0.222 e. The number of piperidine rings is 1. The molecule has 0 aliphatic carbocycles. The average Bonchev–Trinajstić information content (AvgIpc) is 2.61. The van der Waals surface area contributed by atoms with Crippen molar-refractivity contribution in [3.8, 4) is 0 Å². The summed E-state index contributed by atoms with van der Waals surface area (Å²) in [5.74, 6) is 0.626. The molecule has 3 aliphatic heterocycles. The van der Waals surface area contributed by atoms with Gasteiger partial charge in [-0.1, -0.05) is 6.92 Å². The van der Waals surface area contributed by atoms with Gasteiger partial charge in [0.15, 0.2) is 0 Å². The van der Waals surface area contributed by atoms with Gasteiger partial charge in [-0.25, -0.2) is 12.7 Å². The van der Waals surface area contributed by atoms with E-state index < -0.39 is 10.0 Å². The van der Waals surface area contributed by atoms with Crippen molar-refractivity contribution < 1.29 is 17.9 Å². The molecule has 1 unspecified atom stereocenters. The van der Waals surface area contributed by atoms with Crippen LogP contribution in [0.4, 0.5) is 0 Å². The molecule has 3 aliphatic rings. The van der Waals surface area contributed by atoms with E-state index in [0.717, 1.165) is 58.4 Å². The predicted molar refractivity (Wildman–Crippen MR) is 100 cm³/mol. The third-order valence-corrected chi connectivity index (χ3v) is 7.64. The van der Waals surface area contributed by atoms with Crippen molar-refractivity contribution in [2.75, 3.05) is 58.7 Å². The summed E-state index contributed by atoms with van der Waals surface area (Å²) in [6, 6.07) is 0. The predicted octanol–water partition coefficient (Wildman–Crippen LogP) is 0.761. The van der Waals surface area contributed by atoms with Crippen LogP contribution in [0.3, 0.4) is 0 Å². The molecular weight excluding hydrogens is 354 g/mol. The molecule has 0 saturated carbocycles. The summed E-state index contributed by atoms with van der Waals surface area (Å²) in [6.07, 6.45) is 5.16. The number of likely N-dealkylation sites (N-methyl/N-ethyl adjacent to an activating group) is 1. The zero-order chi connectivity index (χ0) is 18.8. The first-order chi connectivity index (χ1) is 12.3. The second-order valence-corrected chi connectivity index (χ2v) is 10.1. The monoisotopic (exact) mass is 387 g/mol. The molecule has 1 atom stereocenters. The summed E-state index contributed by atoms with van der Waals surface area (Å²) in [6.45, 7) is 8.57. The molecule has 7 nitrogen and oxygen atoms in total. The van der Waals surface area contributed by atoms with E-state index in [0.29, 0.717) is 32.0 Å².